The number of rotatable bonds is 1. The predicted octanol–water partition coefficient (Wildman–Crippen LogP) is 2.19. The molecule has 0 unspecified atom stereocenters. The van der Waals surface area contributed by atoms with E-state index >= 15 is 0 Å². The largest absolute Gasteiger partial charge is 0.453 e. The van der Waals surface area contributed by atoms with Crippen molar-refractivity contribution >= 4 is 40.9 Å². The Bertz CT molecular complexity index is 164. The van der Waals surface area contributed by atoms with E-state index in [1.807, 2.05) is 5.32 Å². The molecule has 0 aromatic heterocycles. The van der Waals surface area contributed by atoms with Gasteiger partial charge in [-0.1, -0.05) is 34.8 Å². The van der Waals surface area contributed by atoms with Crippen molar-refractivity contribution in [3.8, 4) is 0 Å². The van der Waals surface area contributed by atoms with E-state index in [1.54, 1.807) is 0 Å². The van der Waals surface area contributed by atoms with Crippen molar-refractivity contribution in [3.63, 3.8) is 0 Å². The number of hydrogen-bond donors (Lipinski definition) is 1. The monoisotopic (exact) mass is 203 g/mol. The van der Waals surface area contributed by atoms with E-state index in [0.717, 1.165) is 0 Å². The average molecular weight is 204 g/mol. The highest BCUT2D eigenvalue weighted by Crippen LogP contribution is 2.14. The minimum atomic E-state index is -0.719. The van der Waals surface area contributed by atoms with Crippen LogP contribution in [-0.4, -0.2) is 13.2 Å². The third kappa shape index (κ3) is 3.82. The van der Waals surface area contributed by atoms with Crippen LogP contribution in [0.1, 0.15) is 0 Å². The van der Waals surface area contributed by atoms with Crippen molar-refractivity contribution in [2.45, 2.75) is 0 Å². The van der Waals surface area contributed by atoms with E-state index in [1.165, 1.54) is 7.11 Å². The molecule has 0 radical (unpaired) electrons. The molecule has 6 heteroatoms. The summed E-state index contributed by atoms with van der Waals surface area (Å²) in [6, 6.07) is 0. The molecule has 0 aromatic rings. The van der Waals surface area contributed by atoms with Gasteiger partial charge in [-0.05, 0) is 0 Å². The summed E-state index contributed by atoms with van der Waals surface area (Å²) in [4.78, 5) is 10.4. The van der Waals surface area contributed by atoms with E-state index in [-0.39, 0.29) is 9.65 Å². The van der Waals surface area contributed by atoms with Crippen molar-refractivity contribution in [2.75, 3.05) is 7.11 Å². The summed E-state index contributed by atoms with van der Waals surface area (Å²) in [6.45, 7) is 0. The predicted molar refractivity (Wildman–Crippen MR) is 40.1 cm³/mol. The van der Waals surface area contributed by atoms with Gasteiger partial charge >= 0.3 is 6.09 Å². The van der Waals surface area contributed by atoms with Crippen LogP contribution < -0.4 is 5.32 Å². The Balaban J connectivity index is 3.92. The van der Waals surface area contributed by atoms with Crippen molar-refractivity contribution in [1.29, 1.82) is 0 Å². The van der Waals surface area contributed by atoms with Crippen molar-refractivity contribution < 1.29 is 9.53 Å². The molecular weight excluding hydrogens is 200 g/mol. The molecule has 0 fully saturated rings. The lowest BCUT2D eigenvalue weighted by molar-refractivity contribution is 0.175. The lowest BCUT2D eigenvalue weighted by atomic mass is 10.9. The molecule has 10 heavy (non-hydrogen) atoms. The quantitative estimate of drug-likeness (QED) is 0.665. The van der Waals surface area contributed by atoms with E-state index in [2.05, 4.69) is 4.74 Å². The first-order valence-electron chi connectivity index (χ1n) is 2.13. The maximum absolute atomic E-state index is 10.4. The Kier molecular flexibility index (Phi) is 4.60. The average Bonchev–Trinajstić information content (AvgIpc) is 1.87. The summed E-state index contributed by atoms with van der Waals surface area (Å²) in [5.41, 5.74) is 0. The Morgan fingerprint density at radius 2 is 1.90 bits per heavy atom. The summed E-state index contributed by atoms with van der Waals surface area (Å²) in [5, 5.41) is 1.89. The van der Waals surface area contributed by atoms with Gasteiger partial charge in [-0.3, -0.25) is 5.32 Å². The van der Waals surface area contributed by atoms with Gasteiger partial charge in [0.05, 0.1) is 7.11 Å². The van der Waals surface area contributed by atoms with E-state index < -0.39 is 6.09 Å². The third-order valence-corrected chi connectivity index (χ3v) is 1.42. The molecule has 0 aliphatic rings. The second-order valence-corrected chi connectivity index (χ2v) is 2.52. The molecular formula is C4H4Cl3NO2. The molecule has 1 N–H and O–H groups in total. The highest BCUT2D eigenvalue weighted by molar-refractivity contribution is 6.59. The lowest BCUT2D eigenvalue weighted by Crippen LogP contribution is -2.19. The first-order valence-corrected chi connectivity index (χ1v) is 3.27. The lowest BCUT2D eigenvalue weighted by Gasteiger charge is -1.99. The van der Waals surface area contributed by atoms with Gasteiger partial charge < -0.3 is 4.74 Å². The molecule has 58 valence electrons. The number of carbonyl (C=O) groups excluding carboxylic acids is 1. The smallest absolute Gasteiger partial charge is 0.412 e. The summed E-state index contributed by atoms with van der Waals surface area (Å²) < 4.78 is 3.97. The fourth-order valence-electron chi connectivity index (χ4n) is 0.188. The summed E-state index contributed by atoms with van der Waals surface area (Å²) >= 11 is 15.6. The number of amides is 1. The van der Waals surface area contributed by atoms with Gasteiger partial charge in [0.15, 0.2) is 0 Å². The van der Waals surface area contributed by atoms with Crippen LogP contribution in [-0.2, 0) is 4.74 Å². The number of halogens is 3. The number of alkyl carbamates (subject to hydrolysis) is 1. The first kappa shape index (κ1) is 9.88. The third-order valence-electron chi connectivity index (χ3n) is 0.563. The van der Waals surface area contributed by atoms with Crippen LogP contribution in [0.25, 0.3) is 0 Å². The van der Waals surface area contributed by atoms with E-state index in [9.17, 15) is 4.79 Å². The van der Waals surface area contributed by atoms with Crippen LogP contribution in [0.4, 0.5) is 4.79 Å². The summed E-state index contributed by atoms with van der Waals surface area (Å²) in [6.07, 6.45) is -0.719. The zero-order valence-corrected chi connectivity index (χ0v) is 7.22. The van der Waals surface area contributed by atoms with Crippen molar-refractivity contribution in [3.05, 3.63) is 9.65 Å². The van der Waals surface area contributed by atoms with Crippen LogP contribution in [0, 0.1) is 0 Å². The van der Waals surface area contributed by atoms with Gasteiger partial charge in [0.1, 0.15) is 9.65 Å². The number of carbonyl (C=O) groups is 1. The molecule has 1 amide bonds. The number of ether oxygens (including phenoxy) is 1. The van der Waals surface area contributed by atoms with Gasteiger partial charge in [0.2, 0.25) is 0 Å². The molecule has 0 atom stereocenters. The maximum atomic E-state index is 10.4. The fraction of sp³-hybridized carbons (Fsp3) is 0.250. The van der Waals surface area contributed by atoms with Crippen molar-refractivity contribution in [1.82, 2.24) is 5.32 Å². The number of nitrogens with one attached hydrogen (secondary N) is 1. The molecule has 0 saturated heterocycles. The molecule has 0 aliphatic heterocycles. The normalized spacial score (nSPS) is 8.40. The van der Waals surface area contributed by atoms with Crippen molar-refractivity contribution in [2.24, 2.45) is 0 Å². The second kappa shape index (κ2) is 4.66. The van der Waals surface area contributed by atoms with Crippen LogP contribution in [0.5, 0.6) is 0 Å². The molecule has 0 aromatic carbocycles. The van der Waals surface area contributed by atoms with Gasteiger partial charge in [-0.15, -0.1) is 0 Å². The summed E-state index contributed by atoms with van der Waals surface area (Å²) in [7, 11) is 1.20. The fourth-order valence-corrected chi connectivity index (χ4v) is 0.360. The Labute approximate surface area is 72.9 Å². The van der Waals surface area contributed by atoms with Crippen LogP contribution in [0.2, 0.25) is 0 Å². The second-order valence-electron chi connectivity index (χ2n) is 1.19. The van der Waals surface area contributed by atoms with Gasteiger partial charge in [0.25, 0.3) is 0 Å². The van der Waals surface area contributed by atoms with Crippen LogP contribution >= 0.6 is 34.8 Å². The van der Waals surface area contributed by atoms with Crippen LogP contribution in [0.3, 0.4) is 0 Å². The van der Waals surface area contributed by atoms with Gasteiger partial charge in [-0.2, -0.15) is 0 Å². The molecule has 0 aliphatic carbocycles. The van der Waals surface area contributed by atoms with E-state index in [0.29, 0.717) is 0 Å². The first-order chi connectivity index (χ1) is 4.57. The highest BCUT2D eigenvalue weighted by Gasteiger charge is 2.03. The van der Waals surface area contributed by atoms with Gasteiger partial charge in [0, 0.05) is 0 Å². The standard InChI is InChI=1S/C4H4Cl3NO2/c1-10-4(9)8-3(7)2(5)6/h1H3,(H,8,9). The number of methoxy groups -OCH3 is 1. The molecule has 0 spiro atoms. The van der Waals surface area contributed by atoms with Gasteiger partial charge in [-0.25, -0.2) is 4.79 Å². The molecule has 0 bridgehead atoms. The topological polar surface area (TPSA) is 38.3 Å². The highest BCUT2D eigenvalue weighted by atomic mass is 35.5. The molecule has 0 saturated carbocycles. The maximum Gasteiger partial charge on any atom is 0.412 e. The van der Waals surface area contributed by atoms with E-state index in [4.69, 9.17) is 34.8 Å². The molecule has 0 rings (SSSR count). The van der Waals surface area contributed by atoms with Crippen LogP contribution in [0.15, 0.2) is 9.65 Å². The zero-order chi connectivity index (χ0) is 8.15. The zero-order valence-electron chi connectivity index (χ0n) is 4.95. The minimum Gasteiger partial charge on any atom is -0.453 e. The Morgan fingerprint density at radius 1 is 1.40 bits per heavy atom. The summed E-state index contributed by atoms with van der Waals surface area (Å²) in [5.74, 6) is 0. The number of hydrogen-bond acceptors (Lipinski definition) is 2. The molecule has 0 heterocycles. The minimum absolute atomic E-state index is 0.157. The SMILES string of the molecule is COC(=O)NC(Cl)=C(Cl)Cl. The molecule has 3 nitrogen and oxygen atoms in total. The Morgan fingerprint density at radius 3 is 2.20 bits per heavy atom. The Hall–Kier alpha value is -0.120.